The van der Waals surface area contributed by atoms with Gasteiger partial charge in [-0.2, -0.15) is 0 Å². The van der Waals surface area contributed by atoms with E-state index in [9.17, 15) is 9.59 Å². The van der Waals surface area contributed by atoms with Crippen LogP contribution in [-0.2, 0) is 4.79 Å². The molecule has 4 N–H and O–H groups in total. The molecule has 0 saturated carbocycles. The largest absolute Gasteiger partial charge is 0.364 e. The van der Waals surface area contributed by atoms with Crippen LogP contribution in [0.15, 0.2) is 61.6 Å². The van der Waals surface area contributed by atoms with Crippen LogP contribution < -0.4 is 21.3 Å². The molecule has 1 aliphatic heterocycles. The summed E-state index contributed by atoms with van der Waals surface area (Å²) in [6.45, 7) is 4.83. The number of aromatic nitrogens is 4. The van der Waals surface area contributed by atoms with Crippen molar-refractivity contribution in [1.29, 1.82) is 0 Å². The number of amides is 2. The number of piperidine rings is 1. The Kier molecular flexibility index (Phi) is 6.53. The molecule has 1 atom stereocenters. The number of nitrogens with one attached hydrogen (secondary N) is 2. The summed E-state index contributed by atoms with van der Waals surface area (Å²) in [5.74, 6) is 0.526. The maximum absolute atomic E-state index is 12.0. The number of benzene rings is 1. The Morgan fingerprint density at radius 3 is 2.76 bits per heavy atom. The molecule has 0 spiro atoms. The number of nitrogens with zero attached hydrogens (tertiary/aromatic N) is 5. The first-order valence-electron chi connectivity index (χ1n) is 10.5. The number of anilines is 3. The van der Waals surface area contributed by atoms with Crippen LogP contribution in [-0.4, -0.2) is 50.9 Å². The lowest BCUT2D eigenvalue weighted by Gasteiger charge is -2.33. The third kappa shape index (κ3) is 5.29. The van der Waals surface area contributed by atoms with Crippen molar-refractivity contribution in [2.24, 2.45) is 5.73 Å². The zero-order valence-electron chi connectivity index (χ0n) is 17.9. The van der Waals surface area contributed by atoms with E-state index < -0.39 is 5.91 Å². The fourth-order valence-electron chi connectivity index (χ4n) is 3.68. The van der Waals surface area contributed by atoms with Gasteiger partial charge in [-0.05, 0) is 37.1 Å². The highest BCUT2D eigenvalue weighted by Crippen LogP contribution is 2.25. The van der Waals surface area contributed by atoms with Gasteiger partial charge in [0.1, 0.15) is 5.82 Å². The van der Waals surface area contributed by atoms with Gasteiger partial charge in [-0.15, -0.1) is 0 Å². The second-order valence-electron chi connectivity index (χ2n) is 7.57. The average molecular weight is 444 g/mol. The van der Waals surface area contributed by atoms with Crippen molar-refractivity contribution in [3.63, 3.8) is 0 Å². The van der Waals surface area contributed by atoms with E-state index >= 15 is 0 Å². The Bertz CT molecular complexity index is 1170. The Hall–Kier alpha value is -4.34. The summed E-state index contributed by atoms with van der Waals surface area (Å²) in [5, 5.41) is 6.08. The highest BCUT2D eigenvalue weighted by molar-refractivity contribution is 5.96. The van der Waals surface area contributed by atoms with Gasteiger partial charge in [0.15, 0.2) is 17.3 Å². The molecule has 168 valence electrons. The van der Waals surface area contributed by atoms with Crippen molar-refractivity contribution in [1.82, 2.24) is 25.3 Å². The Morgan fingerprint density at radius 1 is 1.18 bits per heavy atom. The second kappa shape index (κ2) is 9.86. The van der Waals surface area contributed by atoms with Gasteiger partial charge in [-0.25, -0.2) is 19.9 Å². The van der Waals surface area contributed by atoms with Gasteiger partial charge in [0.25, 0.3) is 5.91 Å². The summed E-state index contributed by atoms with van der Waals surface area (Å²) in [4.78, 5) is 43.1. The number of hydrogen-bond acceptors (Lipinski definition) is 8. The van der Waals surface area contributed by atoms with Gasteiger partial charge >= 0.3 is 0 Å². The minimum absolute atomic E-state index is 0.0270. The maximum Gasteiger partial charge on any atom is 0.271 e. The summed E-state index contributed by atoms with van der Waals surface area (Å²) in [6.07, 6.45) is 7.87. The summed E-state index contributed by atoms with van der Waals surface area (Å²) in [5.41, 5.74) is 7.07. The van der Waals surface area contributed by atoms with Gasteiger partial charge in [0, 0.05) is 42.8 Å². The van der Waals surface area contributed by atoms with Crippen LogP contribution in [0.3, 0.4) is 0 Å². The number of carbonyl (C=O) groups excluding carboxylic acids is 2. The molecule has 10 heteroatoms. The maximum atomic E-state index is 12.0. The van der Waals surface area contributed by atoms with Crippen LogP contribution in [0.25, 0.3) is 11.4 Å². The molecule has 0 radical (unpaired) electrons. The Morgan fingerprint density at radius 2 is 2.00 bits per heavy atom. The zero-order chi connectivity index (χ0) is 23.2. The molecular weight excluding hydrogens is 420 g/mol. The molecule has 33 heavy (non-hydrogen) atoms. The van der Waals surface area contributed by atoms with Crippen LogP contribution >= 0.6 is 0 Å². The van der Waals surface area contributed by atoms with E-state index in [-0.39, 0.29) is 23.5 Å². The Balaban J connectivity index is 1.59. The van der Waals surface area contributed by atoms with Crippen molar-refractivity contribution in [2.45, 2.75) is 18.9 Å². The second-order valence-corrected chi connectivity index (χ2v) is 7.57. The van der Waals surface area contributed by atoms with Crippen LogP contribution in [0, 0.1) is 0 Å². The first-order valence-corrected chi connectivity index (χ1v) is 10.5. The molecule has 3 heterocycles. The minimum Gasteiger partial charge on any atom is -0.364 e. The highest BCUT2D eigenvalue weighted by atomic mass is 16.2. The topological polar surface area (TPSA) is 139 Å². The normalized spacial score (nSPS) is 15.5. The fourth-order valence-corrected chi connectivity index (χ4v) is 3.68. The lowest BCUT2D eigenvalue weighted by atomic mass is 10.1. The van der Waals surface area contributed by atoms with Crippen LogP contribution in [0.1, 0.15) is 23.3 Å². The summed E-state index contributed by atoms with van der Waals surface area (Å²) < 4.78 is 0. The monoisotopic (exact) mass is 444 g/mol. The van der Waals surface area contributed by atoms with Crippen molar-refractivity contribution >= 4 is 29.1 Å². The smallest absolute Gasteiger partial charge is 0.271 e. The zero-order valence-corrected chi connectivity index (χ0v) is 17.9. The first-order chi connectivity index (χ1) is 16.0. The molecule has 0 bridgehead atoms. The van der Waals surface area contributed by atoms with E-state index in [1.165, 1.54) is 12.3 Å². The standard InChI is InChI=1S/C23H24N8O2/c1-2-19(32)28-17-8-4-11-31(14-17)18-13-27-20(21(24)33)23(30-18)29-16-7-3-6-15(12-16)22-25-9-5-10-26-22/h2-3,5-7,9-10,12-13,17H,1,4,8,11,14H2,(H2,24,33)(H,28,32)(H,29,30). The lowest BCUT2D eigenvalue weighted by molar-refractivity contribution is -0.117. The van der Waals surface area contributed by atoms with Crippen molar-refractivity contribution in [3.05, 3.63) is 67.3 Å². The molecular formula is C23H24N8O2. The predicted molar refractivity (Wildman–Crippen MR) is 125 cm³/mol. The number of carbonyl (C=O) groups is 2. The molecule has 10 nitrogen and oxygen atoms in total. The third-order valence-corrected chi connectivity index (χ3v) is 5.22. The first kappa shape index (κ1) is 21.9. The lowest BCUT2D eigenvalue weighted by Crippen LogP contribution is -2.47. The van der Waals surface area contributed by atoms with E-state index in [0.717, 1.165) is 24.9 Å². The molecule has 3 aromatic rings. The quantitative estimate of drug-likeness (QED) is 0.471. The predicted octanol–water partition coefficient (Wildman–Crippen LogP) is 2.05. The van der Waals surface area contributed by atoms with E-state index in [0.29, 0.717) is 23.9 Å². The number of rotatable bonds is 7. The minimum atomic E-state index is -0.686. The molecule has 4 rings (SSSR count). The van der Waals surface area contributed by atoms with Gasteiger partial charge < -0.3 is 21.3 Å². The molecule has 1 aliphatic rings. The number of hydrogen-bond donors (Lipinski definition) is 3. The average Bonchev–Trinajstić information content (AvgIpc) is 2.84. The third-order valence-electron chi connectivity index (χ3n) is 5.22. The highest BCUT2D eigenvalue weighted by Gasteiger charge is 2.23. The summed E-state index contributed by atoms with van der Waals surface area (Å²) in [6, 6.07) is 9.17. The summed E-state index contributed by atoms with van der Waals surface area (Å²) in [7, 11) is 0. The molecule has 2 aromatic heterocycles. The van der Waals surface area contributed by atoms with E-state index in [2.05, 4.69) is 37.1 Å². The molecule has 1 saturated heterocycles. The van der Waals surface area contributed by atoms with Crippen molar-refractivity contribution < 1.29 is 9.59 Å². The summed E-state index contributed by atoms with van der Waals surface area (Å²) >= 11 is 0. The van der Waals surface area contributed by atoms with Gasteiger partial charge in [0.05, 0.1) is 6.20 Å². The van der Waals surface area contributed by atoms with Gasteiger partial charge in [0.2, 0.25) is 5.91 Å². The SMILES string of the molecule is C=CC(=O)NC1CCCN(c2cnc(C(N)=O)c(Nc3cccc(-c4ncccn4)c3)n2)C1. The van der Waals surface area contributed by atoms with Crippen LogP contribution in [0.5, 0.6) is 0 Å². The molecule has 1 unspecified atom stereocenters. The van der Waals surface area contributed by atoms with E-state index in [4.69, 9.17) is 5.73 Å². The van der Waals surface area contributed by atoms with Crippen molar-refractivity contribution in [3.8, 4) is 11.4 Å². The van der Waals surface area contributed by atoms with Crippen LogP contribution in [0.4, 0.5) is 17.3 Å². The number of primary amides is 1. The fraction of sp³-hybridized carbons (Fsp3) is 0.217. The van der Waals surface area contributed by atoms with E-state index in [1.54, 1.807) is 18.5 Å². The Labute approximate surface area is 191 Å². The van der Waals surface area contributed by atoms with Gasteiger partial charge in [-0.3, -0.25) is 9.59 Å². The molecule has 0 aliphatic carbocycles. The van der Waals surface area contributed by atoms with Gasteiger partial charge in [-0.1, -0.05) is 18.7 Å². The van der Waals surface area contributed by atoms with Crippen molar-refractivity contribution in [2.75, 3.05) is 23.3 Å². The van der Waals surface area contributed by atoms with Crippen LogP contribution in [0.2, 0.25) is 0 Å². The molecule has 1 aromatic carbocycles. The molecule has 1 fully saturated rings. The number of nitrogens with two attached hydrogens (primary N) is 1. The molecule has 2 amide bonds. The van der Waals surface area contributed by atoms with E-state index in [1.807, 2.05) is 29.2 Å².